The summed E-state index contributed by atoms with van der Waals surface area (Å²) in [5.74, 6) is 0.594. The molecule has 1 heterocycles. The van der Waals surface area contributed by atoms with Crippen LogP contribution in [-0.4, -0.2) is 63.3 Å². The zero-order chi connectivity index (χ0) is 22.3. The minimum atomic E-state index is -5.44. The number of anilines is 1. The number of benzene rings is 2. The highest BCUT2D eigenvalue weighted by atomic mass is 32.2. The highest BCUT2D eigenvalue weighted by Crippen LogP contribution is 2.35. The average molecular weight is 474 g/mol. The summed E-state index contributed by atoms with van der Waals surface area (Å²) >= 11 is 1.59. The molecule has 3 rings (SSSR count). The summed E-state index contributed by atoms with van der Waals surface area (Å²) in [4.78, 5) is 2.61. The second-order valence-corrected chi connectivity index (χ2v) is 10.3. The zero-order valence-electron chi connectivity index (χ0n) is 16.9. The fraction of sp³-hybridized carbons (Fsp3) is 0.429. The molecule has 31 heavy (non-hydrogen) atoms. The molecular weight excluding hydrogens is 447 g/mol. The van der Waals surface area contributed by atoms with Gasteiger partial charge in [-0.25, -0.2) is 8.42 Å². The van der Waals surface area contributed by atoms with E-state index in [0.29, 0.717) is 12.2 Å². The van der Waals surface area contributed by atoms with Gasteiger partial charge in [0.1, 0.15) is 0 Å². The third kappa shape index (κ3) is 6.61. The number of rotatable bonds is 9. The first kappa shape index (κ1) is 23.9. The number of piperazine rings is 1. The smallest absolute Gasteiger partial charge is 0.380 e. The molecule has 1 unspecified atom stereocenters. The molecule has 0 spiro atoms. The first-order chi connectivity index (χ1) is 14.8. The molecule has 0 bridgehead atoms. The summed E-state index contributed by atoms with van der Waals surface area (Å²) in [5.41, 5.74) is -5.36. The lowest BCUT2D eigenvalue weighted by Gasteiger charge is -2.29. The molecule has 2 N–H and O–H groups in total. The molecule has 1 aliphatic rings. The van der Waals surface area contributed by atoms with Crippen LogP contribution in [0.15, 0.2) is 64.4 Å². The molecule has 1 saturated heterocycles. The minimum absolute atomic E-state index is 0.0150. The van der Waals surface area contributed by atoms with Gasteiger partial charge >= 0.3 is 5.51 Å². The first-order valence-corrected chi connectivity index (χ1v) is 12.5. The van der Waals surface area contributed by atoms with Crippen molar-refractivity contribution in [2.24, 2.45) is 0 Å². The van der Waals surface area contributed by atoms with Crippen LogP contribution in [0.25, 0.3) is 0 Å². The molecule has 0 radical (unpaired) electrons. The number of hydrogen-bond donors (Lipinski definition) is 2. The quantitative estimate of drug-likeness (QED) is 0.540. The zero-order valence-corrected chi connectivity index (χ0v) is 18.6. The van der Waals surface area contributed by atoms with E-state index >= 15 is 0 Å². The van der Waals surface area contributed by atoms with Gasteiger partial charge in [-0.3, -0.25) is 0 Å². The maximum atomic E-state index is 13.2. The summed E-state index contributed by atoms with van der Waals surface area (Å²) in [5, 5.41) is 6.39. The lowest BCUT2D eigenvalue weighted by molar-refractivity contribution is -0.0435. The Kier molecular flexibility index (Phi) is 8.26. The number of hydrogen-bond acceptors (Lipinski definition) is 6. The lowest BCUT2D eigenvalue weighted by Crippen LogP contribution is -2.44. The molecule has 2 aromatic rings. The minimum Gasteiger partial charge on any atom is -0.380 e. The van der Waals surface area contributed by atoms with E-state index in [-0.39, 0.29) is 11.7 Å². The average Bonchev–Trinajstić information content (AvgIpc) is 2.76. The Labute approximate surface area is 185 Å². The lowest BCUT2D eigenvalue weighted by atomic mass is 10.2. The van der Waals surface area contributed by atoms with Gasteiger partial charge in [-0.05, 0) is 30.7 Å². The van der Waals surface area contributed by atoms with E-state index in [0.717, 1.165) is 43.7 Å². The van der Waals surface area contributed by atoms with Crippen molar-refractivity contribution in [3.05, 3.63) is 54.6 Å². The van der Waals surface area contributed by atoms with Gasteiger partial charge in [-0.1, -0.05) is 30.3 Å². The topological polar surface area (TPSA) is 61.4 Å². The highest BCUT2D eigenvalue weighted by molar-refractivity contribution is 7.99. The largest absolute Gasteiger partial charge is 0.501 e. The van der Waals surface area contributed by atoms with Crippen LogP contribution in [0.3, 0.4) is 0 Å². The van der Waals surface area contributed by atoms with Gasteiger partial charge in [0.2, 0.25) is 0 Å². The van der Waals surface area contributed by atoms with Crippen molar-refractivity contribution < 1.29 is 21.6 Å². The Bertz CT molecular complexity index is 934. The van der Waals surface area contributed by atoms with E-state index < -0.39 is 20.2 Å². The predicted molar refractivity (Wildman–Crippen MR) is 118 cm³/mol. The molecule has 5 nitrogen and oxygen atoms in total. The SMILES string of the molecule is O=S(=O)(c1ccccc1NC(CCN1CCNCC1)CSc1ccccc1)C(F)(F)F. The fourth-order valence-electron chi connectivity index (χ4n) is 3.35. The van der Waals surface area contributed by atoms with Gasteiger partial charge < -0.3 is 15.5 Å². The third-order valence-corrected chi connectivity index (χ3v) is 7.76. The van der Waals surface area contributed by atoms with Gasteiger partial charge in [0.05, 0.1) is 10.6 Å². The number of para-hydroxylation sites is 1. The molecule has 10 heteroatoms. The molecule has 0 aromatic heterocycles. The molecule has 1 aliphatic heterocycles. The van der Waals surface area contributed by atoms with Crippen LogP contribution in [-0.2, 0) is 9.84 Å². The van der Waals surface area contributed by atoms with E-state index in [4.69, 9.17) is 0 Å². The number of sulfone groups is 1. The van der Waals surface area contributed by atoms with Crippen molar-refractivity contribution in [3.8, 4) is 0 Å². The summed E-state index contributed by atoms with van der Waals surface area (Å²) in [6.07, 6.45) is 0.681. The van der Waals surface area contributed by atoms with Gasteiger partial charge in [-0.2, -0.15) is 13.2 Å². The molecule has 0 amide bonds. The molecule has 170 valence electrons. The van der Waals surface area contributed by atoms with Gasteiger partial charge in [0.25, 0.3) is 9.84 Å². The Morgan fingerprint density at radius 3 is 2.35 bits per heavy atom. The summed E-state index contributed by atoms with van der Waals surface area (Å²) in [6, 6.07) is 14.8. The van der Waals surface area contributed by atoms with Crippen LogP contribution in [0.1, 0.15) is 6.42 Å². The van der Waals surface area contributed by atoms with E-state index in [1.807, 2.05) is 30.3 Å². The van der Waals surface area contributed by atoms with E-state index in [2.05, 4.69) is 15.5 Å². The van der Waals surface area contributed by atoms with Crippen LogP contribution in [0.5, 0.6) is 0 Å². The summed E-state index contributed by atoms with van der Waals surface area (Å²) < 4.78 is 63.6. The van der Waals surface area contributed by atoms with E-state index in [1.54, 1.807) is 11.8 Å². The van der Waals surface area contributed by atoms with Crippen molar-refractivity contribution in [2.75, 3.05) is 43.8 Å². The van der Waals surface area contributed by atoms with Crippen molar-refractivity contribution in [1.82, 2.24) is 10.2 Å². The normalized spacial score (nSPS) is 16.7. The number of nitrogens with zero attached hydrogens (tertiary/aromatic N) is 1. The van der Waals surface area contributed by atoms with Gasteiger partial charge in [0, 0.05) is 49.4 Å². The summed E-state index contributed by atoms with van der Waals surface area (Å²) in [7, 11) is -5.44. The van der Waals surface area contributed by atoms with Crippen LogP contribution < -0.4 is 10.6 Å². The van der Waals surface area contributed by atoms with E-state index in [1.165, 1.54) is 18.2 Å². The second kappa shape index (κ2) is 10.7. The number of thioether (sulfide) groups is 1. The number of nitrogens with one attached hydrogen (secondary N) is 2. The Hall–Kier alpha value is -1.75. The molecule has 0 saturated carbocycles. The van der Waals surface area contributed by atoms with Crippen molar-refractivity contribution >= 4 is 27.3 Å². The van der Waals surface area contributed by atoms with Gasteiger partial charge in [0.15, 0.2) is 0 Å². The monoisotopic (exact) mass is 473 g/mol. The fourth-order valence-corrected chi connectivity index (χ4v) is 5.27. The second-order valence-electron chi connectivity index (χ2n) is 7.29. The van der Waals surface area contributed by atoms with Crippen molar-refractivity contribution in [1.29, 1.82) is 0 Å². The highest BCUT2D eigenvalue weighted by Gasteiger charge is 2.48. The molecular formula is C21H26F3N3O2S2. The molecule has 0 aliphatic carbocycles. The van der Waals surface area contributed by atoms with Crippen LogP contribution >= 0.6 is 11.8 Å². The summed E-state index contributed by atoms with van der Waals surface area (Å²) in [6.45, 7) is 4.42. The maximum Gasteiger partial charge on any atom is 0.501 e. The van der Waals surface area contributed by atoms with Crippen molar-refractivity contribution in [3.63, 3.8) is 0 Å². The maximum absolute atomic E-state index is 13.2. The van der Waals surface area contributed by atoms with Crippen LogP contribution in [0, 0.1) is 0 Å². The van der Waals surface area contributed by atoms with Crippen molar-refractivity contribution in [2.45, 2.75) is 27.8 Å². The Morgan fingerprint density at radius 2 is 1.68 bits per heavy atom. The number of halogens is 3. The van der Waals surface area contributed by atoms with E-state index in [9.17, 15) is 21.6 Å². The Balaban J connectivity index is 1.77. The third-order valence-electron chi connectivity index (χ3n) is 5.04. The predicted octanol–water partition coefficient (Wildman–Crippen LogP) is 3.85. The standard InChI is InChI=1S/C21H26F3N3O2S2/c22-21(23,24)31(28,29)20-9-5-4-8-19(20)26-17(10-13-27-14-11-25-12-15-27)16-30-18-6-2-1-3-7-18/h1-9,17,25-26H,10-16H2. The molecule has 1 fully saturated rings. The van der Waals surface area contributed by atoms with Crippen LogP contribution in [0.4, 0.5) is 18.9 Å². The van der Waals surface area contributed by atoms with Gasteiger partial charge in [-0.15, -0.1) is 11.8 Å². The van der Waals surface area contributed by atoms with Crippen LogP contribution in [0.2, 0.25) is 0 Å². The molecule has 2 aromatic carbocycles. The molecule has 1 atom stereocenters. The first-order valence-electron chi connectivity index (χ1n) is 10.1. The Morgan fingerprint density at radius 1 is 1.03 bits per heavy atom. The number of alkyl halides is 3.